The van der Waals surface area contributed by atoms with Crippen molar-refractivity contribution in [1.82, 2.24) is 4.98 Å². The normalized spacial score (nSPS) is 14.1. The van der Waals surface area contributed by atoms with E-state index in [1.54, 1.807) is 0 Å². The first kappa shape index (κ1) is 14.0. The van der Waals surface area contributed by atoms with Crippen LogP contribution < -0.4 is 0 Å². The number of hydrogen-bond acceptors (Lipinski definition) is 1. The van der Waals surface area contributed by atoms with Gasteiger partial charge < -0.3 is 0 Å². The largest absolute Gasteiger partial charge is 0.253 e. The molecule has 0 saturated heterocycles. The molecule has 1 unspecified atom stereocenters. The van der Waals surface area contributed by atoms with E-state index >= 15 is 0 Å². The molecule has 1 heteroatoms. The number of rotatable bonds is 2. The second-order valence-electron chi connectivity index (χ2n) is 6.93. The molecule has 2 aromatic rings. The first-order valence-corrected chi connectivity index (χ1v) is 7.20. The van der Waals surface area contributed by atoms with Crippen molar-refractivity contribution in [3.8, 4) is 0 Å². The van der Waals surface area contributed by atoms with Gasteiger partial charge in [0.2, 0.25) is 0 Å². The molecular formula is C18H25N. The summed E-state index contributed by atoms with van der Waals surface area (Å²) >= 11 is 0. The molecule has 19 heavy (non-hydrogen) atoms. The predicted molar refractivity (Wildman–Crippen MR) is 83.7 cm³/mol. The van der Waals surface area contributed by atoms with Crippen molar-refractivity contribution in [2.45, 2.75) is 52.9 Å². The highest BCUT2D eigenvalue weighted by Gasteiger charge is 2.15. The third kappa shape index (κ3) is 2.97. The van der Waals surface area contributed by atoms with Crippen molar-refractivity contribution < 1.29 is 0 Å². The van der Waals surface area contributed by atoms with E-state index in [1.807, 2.05) is 0 Å². The molecule has 1 aromatic heterocycles. The summed E-state index contributed by atoms with van der Waals surface area (Å²) in [5.41, 5.74) is 3.85. The standard InChI is InChI=1S/C18H25N/c1-12(2)13(3)16-10-8-14-7-9-15(18(4,5)6)11-17(14)19-16/h7-13H,1-6H3. The van der Waals surface area contributed by atoms with E-state index in [-0.39, 0.29) is 5.41 Å². The summed E-state index contributed by atoms with van der Waals surface area (Å²) < 4.78 is 0. The first-order valence-electron chi connectivity index (χ1n) is 7.20. The number of pyridine rings is 1. The van der Waals surface area contributed by atoms with Gasteiger partial charge in [-0.3, -0.25) is 4.98 Å². The third-order valence-corrected chi connectivity index (χ3v) is 4.05. The van der Waals surface area contributed by atoms with Gasteiger partial charge in [-0.1, -0.05) is 59.7 Å². The van der Waals surface area contributed by atoms with Crippen LogP contribution in [0.4, 0.5) is 0 Å². The second kappa shape index (κ2) is 4.96. The zero-order chi connectivity index (χ0) is 14.2. The monoisotopic (exact) mass is 255 g/mol. The minimum absolute atomic E-state index is 0.176. The van der Waals surface area contributed by atoms with Gasteiger partial charge in [0.25, 0.3) is 0 Å². The van der Waals surface area contributed by atoms with Gasteiger partial charge in [-0.2, -0.15) is 0 Å². The Labute approximate surface area is 117 Å². The highest BCUT2D eigenvalue weighted by molar-refractivity contribution is 5.79. The Morgan fingerprint density at radius 2 is 1.58 bits per heavy atom. The number of benzene rings is 1. The Hall–Kier alpha value is -1.37. The van der Waals surface area contributed by atoms with E-state index in [4.69, 9.17) is 4.98 Å². The summed E-state index contributed by atoms with van der Waals surface area (Å²) in [7, 11) is 0. The average Bonchev–Trinajstić information content (AvgIpc) is 2.35. The van der Waals surface area contributed by atoms with Crippen molar-refractivity contribution in [3.05, 3.63) is 41.6 Å². The van der Waals surface area contributed by atoms with Crippen LogP contribution in [0, 0.1) is 5.92 Å². The summed E-state index contributed by atoms with van der Waals surface area (Å²) in [6.07, 6.45) is 0. The molecule has 1 aromatic carbocycles. The van der Waals surface area contributed by atoms with Crippen LogP contribution in [0.5, 0.6) is 0 Å². The molecule has 0 fully saturated rings. The van der Waals surface area contributed by atoms with Crippen LogP contribution in [-0.4, -0.2) is 4.98 Å². The lowest BCUT2D eigenvalue weighted by Crippen LogP contribution is -2.11. The lowest BCUT2D eigenvalue weighted by atomic mass is 9.86. The molecule has 0 saturated carbocycles. The van der Waals surface area contributed by atoms with Crippen LogP contribution in [-0.2, 0) is 5.41 Å². The van der Waals surface area contributed by atoms with Gasteiger partial charge in [0.1, 0.15) is 0 Å². The summed E-state index contributed by atoms with van der Waals surface area (Å²) in [6.45, 7) is 13.5. The minimum atomic E-state index is 0.176. The Balaban J connectivity index is 2.51. The first-order chi connectivity index (χ1) is 8.79. The second-order valence-corrected chi connectivity index (χ2v) is 6.93. The molecule has 1 nitrogen and oxygen atoms in total. The molecule has 0 radical (unpaired) electrons. The maximum atomic E-state index is 4.87. The fourth-order valence-corrected chi connectivity index (χ4v) is 2.19. The molecule has 0 aliphatic heterocycles. The molecule has 1 heterocycles. The number of aromatic nitrogens is 1. The Bertz CT molecular complexity index is 576. The summed E-state index contributed by atoms with van der Waals surface area (Å²) in [4.78, 5) is 4.87. The van der Waals surface area contributed by atoms with Crippen LogP contribution >= 0.6 is 0 Å². The molecular weight excluding hydrogens is 230 g/mol. The topological polar surface area (TPSA) is 12.9 Å². The number of hydrogen-bond donors (Lipinski definition) is 0. The SMILES string of the molecule is CC(C)C(C)c1ccc2ccc(C(C)(C)C)cc2n1. The van der Waals surface area contributed by atoms with Crippen molar-refractivity contribution in [3.63, 3.8) is 0 Å². The van der Waals surface area contributed by atoms with Crippen molar-refractivity contribution in [1.29, 1.82) is 0 Å². The smallest absolute Gasteiger partial charge is 0.0708 e. The van der Waals surface area contributed by atoms with Crippen LogP contribution in [0.2, 0.25) is 0 Å². The molecule has 102 valence electrons. The van der Waals surface area contributed by atoms with Crippen LogP contribution in [0.15, 0.2) is 30.3 Å². The van der Waals surface area contributed by atoms with Crippen LogP contribution in [0.3, 0.4) is 0 Å². The van der Waals surface area contributed by atoms with E-state index in [0.717, 1.165) is 5.52 Å². The van der Waals surface area contributed by atoms with Gasteiger partial charge in [0, 0.05) is 17.0 Å². The number of fused-ring (bicyclic) bond motifs is 1. The van der Waals surface area contributed by atoms with Crippen molar-refractivity contribution >= 4 is 10.9 Å². The molecule has 0 spiro atoms. The zero-order valence-electron chi connectivity index (χ0n) is 13.0. The Kier molecular flexibility index (Phi) is 3.66. The molecule has 0 aliphatic rings. The summed E-state index contributed by atoms with van der Waals surface area (Å²) in [6, 6.07) is 11.0. The maximum Gasteiger partial charge on any atom is 0.0708 e. The summed E-state index contributed by atoms with van der Waals surface area (Å²) in [5, 5.41) is 1.23. The number of nitrogens with zero attached hydrogens (tertiary/aromatic N) is 1. The molecule has 0 amide bonds. The van der Waals surface area contributed by atoms with Gasteiger partial charge in [0.05, 0.1) is 5.52 Å². The highest BCUT2D eigenvalue weighted by atomic mass is 14.7. The lowest BCUT2D eigenvalue weighted by Gasteiger charge is -2.20. The van der Waals surface area contributed by atoms with E-state index in [9.17, 15) is 0 Å². The van der Waals surface area contributed by atoms with E-state index in [1.165, 1.54) is 16.6 Å². The maximum absolute atomic E-state index is 4.87. The molecule has 1 atom stereocenters. The fraction of sp³-hybridized carbons (Fsp3) is 0.500. The summed E-state index contributed by atoms with van der Waals surface area (Å²) in [5.74, 6) is 1.12. The minimum Gasteiger partial charge on any atom is -0.253 e. The van der Waals surface area contributed by atoms with E-state index in [0.29, 0.717) is 11.8 Å². The molecule has 0 aliphatic carbocycles. The third-order valence-electron chi connectivity index (χ3n) is 4.05. The van der Waals surface area contributed by atoms with Gasteiger partial charge >= 0.3 is 0 Å². The lowest BCUT2D eigenvalue weighted by molar-refractivity contribution is 0.525. The van der Waals surface area contributed by atoms with Crippen LogP contribution in [0.1, 0.15) is 58.7 Å². The van der Waals surface area contributed by atoms with Crippen molar-refractivity contribution in [2.75, 3.05) is 0 Å². The Morgan fingerprint density at radius 1 is 0.947 bits per heavy atom. The molecule has 0 bridgehead atoms. The van der Waals surface area contributed by atoms with Gasteiger partial charge in [-0.05, 0) is 29.0 Å². The quantitative estimate of drug-likeness (QED) is 0.710. The van der Waals surface area contributed by atoms with E-state index in [2.05, 4.69) is 71.9 Å². The van der Waals surface area contributed by atoms with Crippen LogP contribution in [0.25, 0.3) is 10.9 Å². The van der Waals surface area contributed by atoms with Gasteiger partial charge in [-0.25, -0.2) is 0 Å². The fourth-order valence-electron chi connectivity index (χ4n) is 2.19. The van der Waals surface area contributed by atoms with Crippen molar-refractivity contribution in [2.24, 2.45) is 5.92 Å². The molecule has 0 N–H and O–H groups in total. The average molecular weight is 255 g/mol. The predicted octanol–water partition coefficient (Wildman–Crippen LogP) is 5.29. The zero-order valence-corrected chi connectivity index (χ0v) is 13.0. The molecule has 2 rings (SSSR count). The highest BCUT2D eigenvalue weighted by Crippen LogP contribution is 2.28. The Morgan fingerprint density at radius 3 is 2.16 bits per heavy atom. The van der Waals surface area contributed by atoms with Gasteiger partial charge in [0.15, 0.2) is 0 Å². The van der Waals surface area contributed by atoms with Gasteiger partial charge in [-0.15, -0.1) is 0 Å². The van der Waals surface area contributed by atoms with E-state index < -0.39 is 0 Å².